The Bertz CT molecular complexity index is 809. The van der Waals surface area contributed by atoms with Gasteiger partial charge in [0.25, 0.3) is 0 Å². The molecule has 1 atom stereocenters. The van der Waals surface area contributed by atoms with Crippen LogP contribution in [0.4, 0.5) is 5.69 Å². The van der Waals surface area contributed by atoms with Gasteiger partial charge in [0.2, 0.25) is 5.91 Å². The van der Waals surface area contributed by atoms with E-state index >= 15 is 0 Å². The van der Waals surface area contributed by atoms with E-state index in [4.69, 9.17) is 14.2 Å². The molecule has 1 amide bonds. The predicted octanol–water partition coefficient (Wildman–Crippen LogP) is 2.95. The number of nitrogens with zero attached hydrogens (tertiary/aromatic N) is 2. The summed E-state index contributed by atoms with van der Waals surface area (Å²) in [6, 6.07) is 13.5. The topological polar surface area (TPSA) is 51.2 Å². The minimum Gasteiger partial charge on any atom is -0.497 e. The smallest absolute Gasteiger partial charge is 0.241 e. The molecule has 1 heterocycles. The first-order valence-corrected chi connectivity index (χ1v) is 8.95. The van der Waals surface area contributed by atoms with Crippen LogP contribution >= 0.6 is 0 Å². The molecule has 1 saturated heterocycles. The second-order valence-corrected chi connectivity index (χ2v) is 6.66. The van der Waals surface area contributed by atoms with Crippen molar-refractivity contribution in [3.8, 4) is 17.2 Å². The Morgan fingerprint density at radius 1 is 1.00 bits per heavy atom. The highest BCUT2D eigenvalue weighted by molar-refractivity contribution is 5.96. The summed E-state index contributed by atoms with van der Waals surface area (Å²) in [7, 11) is 4.91. The van der Waals surface area contributed by atoms with Crippen LogP contribution in [-0.4, -0.2) is 51.3 Å². The van der Waals surface area contributed by atoms with Crippen molar-refractivity contribution in [2.45, 2.75) is 19.5 Å². The number of hydrogen-bond acceptors (Lipinski definition) is 5. The van der Waals surface area contributed by atoms with Crippen molar-refractivity contribution in [3.05, 3.63) is 48.0 Å². The molecule has 0 spiro atoms. The summed E-state index contributed by atoms with van der Waals surface area (Å²) in [6.07, 6.45) is 0. The molecule has 0 bridgehead atoms. The first-order chi connectivity index (χ1) is 13.0. The minimum absolute atomic E-state index is 0.0580. The van der Waals surface area contributed by atoms with E-state index in [0.29, 0.717) is 13.1 Å². The van der Waals surface area contributed by atoms with Gasteiger partial charge in [-0.1, -0.05) is 12.1 Å². The van der Waals surface area contributed by atoms with Gasteiger partial charge in [0.05, 0.1) is 27.9 Å². The van der Waals surface area contributed by atoms with E-state index in [2.05, 4.69) is 11.8 Å². The van der Waals surface area contributed by atoms with Gasteiger partial charge in [-0.3, -0.25) is 9.69 Å². The molecule has 0 radical (unpaired) electrons. The SMILES string of the molecule is COc1cccc(N2C(=O)CN(Cc3ccc(OC)cc3OC)C[C@@H]2C)c1. The molecule has 0 aromatic heterocycles. The summed E-state index contributed by atoms with van der Waals surface area (Å²) >= 11 is 0. The van der Waals surface area contributed by atoms with Crippen LogP contribution in [0.3, 0.4) is 0 Å². The molecular formula is C21H26N2O4. The maximum Gasteiger partial charge on any atom is 0.241 e. The van der Waals surface area contributed by atoms with E-state index in [0.717, 1.165) is 35.0 Å². The zero-order valence-electron chi connectivity index (χ0n) is 16.3. The van der Waals surface area contributed by atoms with Crippen molar-refractivity contribution in [2.75, 3.05) is 39.3 Å². The Kier molecular flexibility index (Phi) is 5.86. The quantitative estimate of drug-likeness (QED) is 0.783. The second kappa shape index (κ2) is 8.31. The highest BCUT2D eigenvalue weighted by Crippen LogP contribution is 2.29. The molecule has 1 aliphatic rings. The number of ether oxygens (including phenoxy) is 3. The molecule has 1 fully saturated rings. The molecule has 2 aromatic rings. The van der Waals surface area contributed by atoms with Gasteiger partial charge >= 0.3 is 0 Å². The Morgan fingerprint density at radius 3 is 2.41 bits per heavy atom. The van der Waals surface area contributed by atoms with E-state index in [9.17, 15) is 4.79 Å². The molecule has 6 heteroatoms. The number of methoxy groups -OCH3 is 3. The zero-order valence-corrected chi connectivity index (χ0v) is 16.3. The van der Waals surface area contributed by atoms with Gasteiger partial charge in [-0.05, 0) is 25.1 Å². The number of hydrogen-bond donors (Lipinski definition) is 0. The van der Waals surface area contributed by atoms with Gasteiger partial charge in [-0.15, -0.1) is 0 Å². The third kappa shape index (κ3) is 4.17. The summed E-state index contributed by atoms with van der Waals surface area (Å²) in [5, 5.41) is 0. The average Bonchev–Trinajstić information content (AvgIpc) is 2.68. The van der Waals surface area contributed by atoms with Gasteiger partial charge in [-0.2, -0.15) is 0 Å². The molecular weight excluding hydrogens is 344 g/mol. The first-order valence-electron chi connectivity index (χ1n) is 8.95. The van der Waals surface area contributed by atoms with E-state index in [1.807, 2.05) is 47.4 Å². The Hall–Kier alpha value is -2.73. The van der Waals surface area contributed by atoms with Crippen LogP contribution < -0.4 is 19.1 Å². The number of carbonyl (C=O) groups is 1. The molecule has 27 heavy (non-hydrogen) atoms. The lowest BCUT2D eigenvalue weighted by molar-refractivity contribution is -0.122. The molecule has 0 aliphatic carbocycles. The van der Waals surface area contributed by atoms with Crippen molar-refractivity contribution in [1.29, 1.82) is 0 Å². The third-order valence-corrected chi connectivity index (χ3v) is 4.81. The molecule has 0 unspecified atom stereocenters. The van der Waals surface area contributed by atoms with Crippen LogP contribution in [0.15, 0.2) is 42.5 Å². The van der Waals surface area contributed by atoms with Crippen molar-refractivity contribution in [2.24, 2.45) is 0 Å². The summed E-state index contributed by atoms with van der Waals surface area (Å²) in [4.78, 5) is 16.9. The molecule has 0 saturated carbocycles. The lowest BCUT2D eigenvalue weighted by atomic mass is 10.1. The maximum atomic E-state index is 12.9. The summed E-state index contributed by atoms with van der Waals surface area (Å²) < 4.78 is 16.0. The Labute approximate surface area is 160 Å². The largest absolute Gasteiger partial charge is 0.497 e. The number of piperazine rings is 1. The van der Waals surface area contributed by atoms with E-state index in [1.54, 1.807) is 21.3 Å². The van der Waals surface area contributed by atoms with Crippen molar-refractivity contribution in [1.82, 2.24) is 4.90 Å². The van der Waals surface area contributed by atoms with Crippen LogP contribution in [0.5, 0.6) is 17.2 Å². The lowest BCUT2D eigenvalue weighted by Gasteiger charge is -2.39. The minimum atomic E-state index is 0.0580. The monoisotopic (exact) mass is 370 g/mol. The molecule has 6 nitrogen and oxygen atoms in total. The van der Waals surface area contributed by atoms with Crippen molar-refractivity contribution >= 4 is 11.6 Å². The maximum absolute atomic E-state index is 12.9. The Morgan fingerprint density at radius 2 is 1.74 bits per heavy atom. The number of benzene rings is 2. The fourth-order valence-electron chi connectivity index (χ4n) is 3.54. The number of amides is 1. The van der Waals surface area contributed by atoms with Crippen LogP contribution in [0, 0.1) is 0 Å². The number of anilines is 1. The van der Waals surface area contributed by atoms with Gasteiger partial charge in [0.1, 0.15) is 17.2 Å². The van der Waals surface area contributed by atoms with Crippen molar-refractivity contribution < 1.29 is 19.0 Å². The van der Waals surface area contributed by atoms with Crippen LogP contribution in [0.25, 0.3) is 0 Å². The predicted molar refractivity (Wildman–Crippen MR) is 105 cm³/mol. The standard InChI is InChI=1S/C21H26N2O4/c1-15-12-22(13-16-8-9-19(26-3)11-20(16)27-4)14-21(24)23(15)17-6-5-7-18(10-17)25-2/h5-11,15H,12-14H2,1-4H3/t15-/m0/s1. The van der Waals surface area contributed by atoms with E-state index < -0.39 is 0 Å². The normalized spacial score (nSPS) is 17.7. The van der Waals surface area contributed by atoms with Crippen LogP contribution in [0.2, 0.25) is 0 Å². The van der Waals surface area contributed by atoms with Gasteiger partial charge < -0.3 is 19.1 Å². The van der Waals surface area contributed by atoms with Gasteiger partial charge in [-0.25, -0.2) is 0 Å². The highest BCUT2D eigenvalue weighted by Gasteiger charge is 2.31. The van der Waals surface area contributed by atoms with Gasteiger partial charge in [0, 0.05) is 42.5 Å². The first kappa shape index (κ1) is 19.0. The third-order valence-electron chi connectivity index (χ3n) is 4.81. The molecule has 1 aliphatic heterocycles. The number of rotatable bonds is 6. The fourth-order valence-corrected chi connectivity index (χ4v) is 3.54. The fraction of sp³-hybridized carbons (Fsp3) is 0.381. The molecule has 3 rings (SSSR count). The summed E-state index contributed by atoms with van der Waals surface area (Å²) in [5.74, 6) is 2.35. The van der Waals surface area contributed by atoms with E-state index in [1.165, 1.54) is 0 Å². The molecule has 2 aromatic carbocycles. The Balaban J connectivity index is 1.74. The summed E-state index contributed by atoms with van der Waals surface area (Å²) in [5.41, 5.74) is 1.90. The van der Waals surface area contributed by atoms with E-state index in [-0.39, 0.29) is 11.9 Å². The second-order valence-electron chi connectivity index (χ2n) is 6.66. The van der Waals surface area contributed by atoms with Crippen LogP contribution in [-0.2, 0) is 11.3 Å². The highest BCUT2D eigenvalue weighted by atomic mass is 16.5. The zero-order chi connectivity index (χ0) is 19.4. The number of carbonyl (C=O) groups excluding carboxylic acids is 1. The average molecular weight is 370 g/mol. The van der Waals surface area contributed by atoms with Gasteiger partial charge in [0.15, 0.2) is 0 Å². The summed E-state index contributed by atoms with van der Waals surface area (Å²) in [6.45, 7) is 3.85. The molecule has 0 N–H and O–H groups in total. The lowest BCUT2D eigenvalue weighted by Crippen LogP contribution is -2.55. The molecule has 144 valence electrons. The van der Waals surface area contributed by atoms with Crippen LogP contribution in [0.1, 0.15) is 12.5 Å². The van der Waals surface area contributed by atoms with Crippen molar-refractivity contribution in [3.63, 3.8) is 0 Å².